The fourth-order valence-corrected chi connectivity index (χ4v) is 0.820. The van der Waals surface area contributed by atoms with E-state index in [-0.39, 0.29) is 11.6 Å². The predicted molar refractivity (Wildman–Crippen MR) is 43.6 cm³/mol. The molecule has 1 aromatic rings. The molecule has 7 nitrogen and oxygen atoms in total. The molecule has 14 heavy (non-hydrogen) atoms. The normalized spacial score (nSPS) is 14.8. The number of aliphatic hydroxyl groups excluding tert-OH is 1. The molecule has 0 aliphatic carbocycles. The van der Waals surface area contributed by atoms with Gasteiger partial charge in [0.05, 0.1) is 7.11 Å². The van der Waals surface area contributed by atoms with Crippen LogP contribution in [0, 0.1) is 0 Å². The average molecular weight is 202 g/mol. The highest BCUT2D eigenvalue weighted by molar-refractivity contribution is 5.74. The smallest absolute Gasteiger partial charge is 0.323 e. The number of ether oxygens (including phenoxy) is 1. The van der Waals surface area contributed by atoms with Gasteiger partial charge in [0.15, 0.2) is 5.76 Å². The minimum absolute atomic E-state index is 0.0447. The summed E-state index contributed by atoms with van der Waals surface area (Å²) in [4.78, 5) is 10.4. The topological polar surface area (TPSA) is 119 Å². The third kappa shape index (κ3) is 2.01. The Hall–Kier alpha value is -1.60. The second kappa shape index (κ2) is 4.07. The van der Waals surface area contributed by atoms with E-state index >= 15 is 0 Å². The van der Waals surface area contributed by atoms with Gasteiger partial charge in [0.2, 0.25) is 0 Å². The first-order valence-electron chi connectivity index (χ1n) is 3.73. The first-order chi connectivity index (χ1) is 6.56. The zero-order chi connectivity index (χ0) is 10.7. The van der Waals surface area contributed by atoms with Gasteiger partial charge in [0.25, 0.3) is 5.88 Å². The average Bonchev–Trinajstić information content (AvgIpc) is 2.63. The summed E-state index contributed by atoms with van der Waals surface area (Å²) in [7, 11) is 1.37. The van der Waals surface area contributed by atoms with Gasteiger partial charge in [-0.1, -0.05) is 0 Å². The van der Waals surface area contributed by atoms with Gasteiger partial charge in [0, 0.05) is 6.07 Å². The van der Waals surface area contributed by atoms with Crippen molar-refractivity contribution in [2.45, 2.75) is 12.1 Å². The molecule has 0 amide bonds. The predicted octanol–water partition coefficient (Wildman–Crippen LogP) is -0.872. The Balaban J connectivity index is 2.78. The van der Waals surface area contributed by atoms with Gasteiger partial charge in [-0.15, -0.1) is 0 Å². The van der Waals surface area contributed by atoms with Crippen molar-refractivity contribution in [2.24, 2.45) is 5.73 Å². The number of carbonyl (C=O) groups is 1. The lowest BCUT2D eigenvalue weighted by molar-refractivity contribution is -0.141. The summed E-state index contributed by atoms with van der Waals surface area (Å²) in [6, 6.07) is -0.180. The molecule has 78 valence electrons. The summed E-state index contributed by atoms with van der Waals surface area (Å²) < 4.78 is 9.30. The lowest BCUT2D eigenvalue weighted by Gasteiger charge is -2.10. The lowest BCUT2D eigenvalue weighted by Crippen LogP contribution is -2.36. The fourth-order valence-electron chi connectivity index (χ4n) is 0.820. The van der Waals surface area contributed by atoms with Crippen molar-refractivity contribution in [3.8, 4) is 5.88 Å². The van der Waals surface area contributed by atoms with Crippen molar-refractivity contribution < 1.29 is 24.3 Å². The summed E-state index contributed by atoms with van der Waals surface area (Å²) in [5.74, 6) is -1.22. The monoisotopic (exact) mass is 202 g/mol. The van der Waals surface area contributed by atoms with Crippen LogP contribution in [0.15, 0.2) is 10.6 Å². The lowest BCUT2D eigenvalue weighted by atomic mass is 10.1. The molecular formula is C7H10N2O5. The Morgan fingerprint density at radius 2 is 2.43 bits per heavy atom. The second-order valence-corrected chi connectivity index (χ2v) is 2.58. The molecule has 0 saturated heterocycles. The van der Waals surface area contributed by atoms with Crippen molar-refractivity contribution in [3.63, 3.8) is 0 Å². The minimum atomic E-state index is -1.45. The first-order valence-corrected chi connectivity index (χ1v) is 3.73. The molecule has 0 fully saturated rings. The van der Waals surface area contributed by atoms with E-state index in [1.165, 1.54) is 13.2 Å². The number of aliphatic carboxylic acids is 1. The van der Waals surface area contributed by atoms with E-state index in [0.29, 0.717) is 0 Å². The largest absolute Gasteiger partial charge is 0.480 e. The molecule has 7 heteroatoms. The molecule has 0 saturated carbocycles. The number of nitrogens with two attached hydrogens (primary N) is 1. The molecule has 0 bridgehead atoms. The first kappa shape index (κ1) is 10.5. The zero-order valence-corrected chi connectivity index (χ0v) is 7.38. The summed E-state index contributed by atoms with van der Waals surface area (Å²) in [5, 5.41) is 21.3. The molecule has 1 heterocycles. The molecule has 0 aliphatic heterocycles. The standard InChI is InChI=1S/C7H10N2O5/c1-13-4-2-3(14-9-4)6(10)5(8)7(11)12/h2,5-6,10H,8H2,1H3,(H,11,12). The molecular weight excluding hydrogens is 192 g/mol. The summed E-state index contributed by atoms with van der Waals surface area (Å²) in [6.45, 7) is 0. The number of carboxylic acids is 1. The van der Waals surface area contributed by atoms with Gasteiger partial charge in [-0.3, -0.25) is 4.79 Å². The van der Waals surface area contributed by atoms with Crippen LogP contribution in [0.5, 0.6) is 5.88 Å². The Morgan fingerprint density at radius 3 is 2.86 bits per heavy atom. The van der Waals surface area contributed by atoms with Gasteiger partial charge < -0.3 is 25.2 Å². The number of carboxylic acid groups (broad SMARTS) is 1. The third-order valence-corrected chi connectivity index (χ3v) is 1.63. The van der Waals surface area contributed by atoms with Crippen LogP contribution in [0.25, 0.3) is 0 Å². The Bertz CT molecular complexity index is 324. The van der Waals surface area contributed by atoms with Gasteiger partial charge in [0.1, 0.15) is 12.1 Å². The van der Waals surface area contributed by atoms with E-state index in [1.807, 2.05) is 0 Å². The molecule has 0 radical (unpaired) electrons. The van der Waals surface area contributed by atoms with Crippen LogP contribution in [0.4, 0.5) is 0 Å². The Labute approximate surface area is 79.1 Å². The fraction of sp³-hybridized carbons (Fsp3) is 0.429. The van der Waals surface area contributed by atoms with Gasteiger partial charge in [-0.25, -0.2) is 0 Å². The third-order valence-electron chi connectivity index (χ3n) is 1.63. The van der Waals surface area contributed by atoms with Gasteiger partial charge >= 0.3 is 5.97 Å². The number of nitrogens with zero attached hydrogens (tertiary/aromatic N) is 1. The molecule has 4 N–H and O–H groups in total. The highest BCUT2D eigenvalue weighted by Gasteiger charge is 2.27. The molecule has 2 atom stereocenters. The van der Waals surface area contributed by atoms with Crippen LogP contribution in [-0.4, -0.2) is 34.5 Å². The number of aromatic nitrogens is 1. The van der Waals surface area contributed by atoms with Crippen LogP contribution >= 0.6 is 0 Å². The van der Waals surface area contributed by atoms with Crippen LogP contribution in [0.3, 0.4) is 0 Å². The van der Waals surface area contributed by atoms with Crippen molar-refractivity contribution >= 4 is 5.97 Å². The molecule has 0 aliphatic rings. The van der Waals surface area contributed by atoms with Crippen molar-refractivity contribution in [1.29, 1.82) is 0 Å². The summed E-state index contributed by atoms with van der Waals surface area (Å²) >= 11 is 0. The zero-order valence-electron chi connectivity index (χ0n) is 7.38. The van der Waals surface area contributed by atoms with Crippen LogP contribution in [0.2, 0.25) is 0 Å². The number of rotatable bonds is 4. The van der Waals surface area contributed by atoms with E-state index in [9.17, 15) is 9.90 Å². The van der Waals surface area contributed by atoms with E-state index in [0.717, 1.165) is 0 Å². The van der Waals surface area contributed by atoms with Crippen molar-refractivity contribution in [2.75, 3.05) is 7.11 Å². The van der Waals surface area contributed by atoms with Gasteiger partial charge in [-0.2, -0.15) is 0 Å². The number of hydrogen-bond acceptors (Lipinski definition) is 6. The number of methoxy groups -OCH3 is 1. The molecule has 1 rings (SSSR count). The SMILES string of the molecule is COc1cc(C(O)C(N)C(=O)O)on1. The molecule has 2 unspecified atom stereocenters. The van der Waals surface area contributed by atoms with Crippen molar-refractivity contribution in [3.05, 3.63) is 11.8 Å². The molecule has 1 aromatic heterocycles. The number of hydrogen-bond donors (Lipinski definition) is 3. The quantitative estimate of drug-likeness (QED) is 0.580. The van der Waals surface area contributed by atoms with Crippen LogP contribution < -0.4 is 10.5 Å². The van der Waals surface area contributed by atoms with E-state index in [2.05, 4.69) is 14.4 Å². The van der Waals surface area contributed by atoms with E-state index in [1.54, 1.807) is 0 Å². The molecule has 0 spiro atoms. The minimum Gasteiger partial charge on any atom is -0.480 e. The maximum Gasteiger partial charge on any atom is 0.323 e. The summed E-state index contributed by atoms with van der Waals surface area (Å²) in [6.07, 6.45) is -1.44. The summed E-state index contributed by atoms with van der Waals surface area (Å²) in [5.41, 5.74) is 5.16. The highest BCUT2D eigenvalue weighted by atomic mass is 16.5. The van der Waals surface area contributed by atoms with Gasteiger partial charge in [-0.05, 0) is 5.16 Å². The number of aliphatic hydroxyl groups is 1. The van der Waals surface area contributed by atoms with E-state index < -0.39 is 18.1 Å². The Kier molecular flexibility index (Phi) is 3.05. The second-order valence-electron chi connectivity index (χ2n) is 2.58. The van der Waals surface area contributed by atoms with E-state index in [4.69, 9.17) is 10.8 Å². The maximum atomic E-state index is 10.4. The van der Waals surface area contributed by atoms with Crippen LogP contribution in [0.1, 0.15) is 11.9 Å². The highest BCUT2D eigenvalue weighted by Crippen LogP contribution is 2.20. The molecule has 0 aromatic carbocycles. The van der Waals surface area contributed by atoms with Crippen molar-refractivity contribution in [1.82, 2.24) is 5.16 Å². The van der Waals surface area contributed by atoms with Crippen LogP contribution in [-0.2, 0) is 4.79 Å². The Morgan fingerprint density at radius 1 is 1.79 bits per heavy atom. The maximum absolute atomic E-state index is 10.4.